The van der Waals surface area contributed by atoms with Crippen LogP contribution in [0.3, 0.4) is 0 Å². The molecular weight excluding hydrogens is 367 g/mol. The van der Waals surface area contributed by atoms with E-state index in [2.05, 4.69) is 22.3 Å². The molecule has 2 aromatic rings. The van der Waals surface area contributed by atoms with Crippen LogP contribution in [0.2, 0.25) is 0 Å². The van der Waals surface area contributed by atoms with Crippen molar-refractivity contribution in [2.45, 2.75) is 32.4 Å². The van der Waals surface area contributed by atoms with Crippen molar-refractivity contribution in [2.24, 2.45) is 5.92 Å². The number of likely N-dealkylation sites (tertiary alicyclic amines) is 1. The van der Waals surface area contributed by atoms with Crippen molar-refractivity contribution in [3.05, 3.63) is 54.1 Å². The minimum Gasteiger partial charge on any atom is -0.465 e. The molecule has 1 N–H and O–H groups in total. The number of halogens is 1. The predicted molar refractivity (Wildman–Crippen MR) is 116 cm³/mol. The van der Waals surface area contributed by atoms with Crippen LogP contribution in [0.5, 0.6) is 0 Å². The normalized spacial score (nSPS) is 15.9. The molecule has 0 amide bonds. The number of carbonyl (C=O) groups excluding carboxylic acids is 1. The Labute approximate surface area is 173 Å². The van der Waals surface area contributed by atoms with Crippen molar-refractivity contribution >= 4 is 11.7 Å². The number of nitrogens with zero attached hydrogens (tertiary/aromatic N) is 1. The highest BCUT2D eigenvalue weighted by molar-refractivity contribution is 5.96. The Morgan fingerprint density at radius 1 is 1.14 bits per heavy atom. The molecule has 0 spiro atoms. The Hall–Kier alpha value is -2.40. The highest BCUT2D eigenvalue weighted by Crippen LogP contribution is 2.28. The number of hydrogen-bond donors (Lipinski definition) is 1. The van der Waals surface area contributed by atoms with E-state index in [1.165, 1.54) is 7.11 Å². The average Bonchev–Trinajstić information content (AvgIpc) is 2.72. The first-order valence-corrected chi connectivity index (χ1v) is 10.3. The van der Waals surface area contributed by atoms with Gasteiger partial charge in [-0.15, -0.1) is 0 Å². The molecule has 0 aromatic heterocycles. The van der Waals surface area contributed by atoms with Gasteiger partial charge in [-0.2, -0.15) is 0 Å². The lowest BCUT2D eigenvalue weighted by Gasteiger charge is -2.34. The molecule has 0 bridgehead atoms. The number of alkyl halides is 1. The lowest BCUT2D eigenvalue weighted by molar-refractivity contribution is 0.0602. The molecule has 1 saturated heterocycles. The summed E-state index contributed by atoms with van der Waals surface area (Å²) in [5, 5.41) is 3.48. The van der Waals surface area contributed by atoms with E-state index in [4.69, 9.17) is 4.74 Å². The summed E-state index contributed by atoms with van der Waals surface area (Å²) < 4.78 is 18.8. The van der Waals surface area contributed by atoms with Gasteiger partial charge in [0.1, 0.15) is 5.67 Å². The van der Waals surface area contributed by atoms with E-state index in [0.29, 0.717) is 18.0 Å². The molecule has 0 saturated carbocycles. The Bertz CT molecular complexity index is 809. The van der Waals surface area contributed by atoms with Crippen LogP contribution in [0.4, 0.5) is 10.1 Å². The molecule has 4 nitrogen and oxygen atoms in total. The zero-order valence-corrected chi connectivity index (χ0v) is 17.6. The molecule has 0 aliphatic carbocycles. The van der Waals surface area contributed by atoms with Crippen molar-refractivity contribution in [2.75, 3.05) is 38.6 Å². The van der Waals surface area contributed by atoms with Crippen LogP contribution < -0.4 is 5.32 Å². The minimum atomic E-state index is -1.15. The summed E-state index contributed by atoms with van der Waals surface area (Å²) in [4.78, 5) is 14.4. The van der Waals surface area contributed by atoms with Crippen LogP contribution in [-0.2, 0) is 4.74 Å². The van der Waals surface area contributed by atoms with Gasteiger partial charge in [0.05, 0.1) is 12.7 Å². The van der Waals surface area contributed by atoms with Crippen molar-refractivity contribution in [3.63, 3.8) is 0 Å². The first-order chi connectivity index (χ1) is 13.9. The second kappa shape index (κ2) is 9.40. The Morgan fingerprint density at radius 2 is 1.83 bits per heavy atom. The van der Waals surface area contributed by atoms with E-state index in [1.807, 2.05) is 36.4 Å². The van der Waals surface area contributed by atoms with E-state index >= 15 is 0 Å². The number of hydrogen-bond acceptors (Lipinski definition) is 4. The van der Waals surface area contributed by atoms with Gasteiger partial charge in [-0.1, -0.05) is 36.4 Å². The zero-order chi connectivity index (χ0) is 20.9. The maximum atomic E-state index is 13.9. The number of ether oxygens (including phenoxy) is 1. The number of methoxy groups -OCH3 is 1. The number of anilines is 1. The Balaban J connectivity index is 1.67. The van der Waals surface area contributed by atoms with Gasteiger partial charge in [0, 0.05) is 18.8 Å². The summed E-state index contributed by atoms with van der Waals surface area (Å²) in [6.45, 7) is 6.36. The summed E-state index contributed by atoms with van der Waals surface area (Å²) in [7, 11) is 1.40. The lowest BCUT2D eigenvalue weighted by atomic mass is 9.95. The van der Waals surface area contributed by atoms with Crippen molar-refractivity contribution in [1.29, 1.82) is 0 Å². The van der Waals surface area contributed by atoms with Crippen molar-refractivity contribution in [3.8, 4) is 11.1 Å². The third kappa shape index (κ3) is 6.04. The van der Waals surface area contributed by atoms with Crippen LogP contribution in [0.1, 0.15) is 37.0 Å². The topological polar surface area (TPSA) is 41.6 Å². The van der Waals surface area contributed by atoms with Gasteiger partial charge in [0.2, 0.25) is 0 Å². The smallest absolute Gasteiger partial charge is 0.339 e. The molecule has 0 radical (unpaired) electrons. The van der Waals surface area contributed by atoms with Gasteiger partial charge in [-0.3, -0.25) is 0 Å². The van der Waals surface area contributed by atoms with Gasteiger partial charge in [-0.05, 0) is 69.0 Å². The maximum Gasteiger partial charge on any atom is 0.339 e. The summed E-state index contributed by atoms with van der Waals surface area (Å²) in [6.07, 6.45) is 2.05. The van der Waals surface area contributed by atoms with E-state index in [-0.39, 0.29) is 5.97 Å². The monoisotopic (exact) mass is 398 g/mol. The molecular formula is C24H31FN2O2. The zero-order valence-electron chi connectivity index (χ0n) is 17.6. The van der Waals surface area contributed by atoms with Gasteiger partial charge in [-0.25, -0.2) is 9.18 Å². The first-order valence-electron chi connectivity index (χ1n) is 10.3. The fraction of sp³-hybridized carbons (Fsp3) is 0.458. The summed E-state index contributed by atoms with van der Waals surface area (Å²) in [5.74, 6) is 0.159. The molecule has 1 aliphatic heterocycles. The van der Waals surface area contributed by atoms with Gasteiger partial charge < -0.3 is 15.0 Å². The largest absolute Gasteiger partial charge is 0.465 e. The number of esters is 1. The minimum absolute atomic E-state index is 0.341. The maximum absolute atomic E-state index is 13.9. The first kappa shape index (κ1) is 21.3. The van der Waals surface area contributed by atoms with E-state index in [0.717, 1.165) is 49.3 Å². The van der Waals surface area contributed by atoms with Gasteiger partial charge >= 0.3 is 5.97 Å². The van der Waals surface area contributed by atoms with E-state index in [1.54, 1.807) is 13.8 Å². The predicted octanol–water partition coefficient (Wildman–Crippen LogP) is 5.01. The molecule has 5 heteroatoms. The average molecular weight is 399 g/mol. The summed E-state index contributed by atoms with van der Waals surface area (Å²) in [6, 6.07) is 15.9. The second-order valence-electron chi connectivity index (χ2n) is 8.44. The highest BCUT2D eigenvalue weighted by Gasteiger charge is 2.25. The number of rotatable bonds is 7. The van der Waals surface area contributed by atoms with Crippen LogP contribution in [-0.4, -0.2) is 49.8 Å². The number of nitrogens with one attached hydrogen (secondary N) is 1. The van der Waals surface area contributed by atoms with E-state index in [9.17, 15) is 9.18 Å². The fourth-order valence-corrected chi connectivity index (χ4v) is 3.92. The highest BCUT2D eigenvalue weighted by atomic mass is 19.1. The Morgan fingerprint density at radius 3 is 2.45 bits per heavy atom. The van der Waals surface area contributed by atoms with Crippen LogP contribution in [0.25, 0.3) is 11.1 Å². The van der Waals surface area contributed by atoms with Gasteiger partial charge in [0.15, 0.2) is 0 Å². The molecule has 3 rings (SSSR count). The molecule has 0 atom stereocenters. The molecule has 2 aromatic carbocycles. The quantitative estimate of drug-likeness (QED) is 0.666. The lowest BCUT2D eigenvalue weighted by Crippen LogP contribution is -2.42. The molecule has 1 aliphatic rings. The number of benzene rings is 2. The third-order valence-corrected chi connectivity index (χ3v) is 5.42. The summed E-state index contributed by atoms with van der Waals surface area (Å²) in [5.41, 5.74) is 2.35. The SMILES string of the molecule is COC(=O)c1ccc(-c2ccccc2)cc1NCC1CCN(CC(C)(C)F)CC1. The van der Waals surface area contributed by atoms with Crippen LogP contribution in [0.15, 0.2) is 48.5 Å². The third-order valence-electron chi connectivity index (χ3n) is 5.42. The number of piperidine rings is 1. The Kier molecular flexibility index (Phi) is 6.91. The molecule has 1 heterocycles. The van der Waals surface area contributed by atoms with Crippen LogP contribution in [0, 0.1) is 5.92 Å². The summed E-state index contributed by atoms with van der Waals surface area (Å²) >= 11 is 0. The second-order valence-corrected chi connectivity index (χ2v) is 8.44. The molecule has 156 valence electrons. The van der Waals surface area contributed by atoms with Crippen molar-refractivity contribution < 1.29 is 13.9 Å². The van der Waals surface area contributed by atoms with E-state index < -0.39 is 5.67 Å². The fourth-order valence-electron chi connectivity index (χ4n) is 3.92. The molecule has 1 fully saturated rings. The standard InChI is InChI=1S/C24H31FN2O2/c1-24(2,25)17-27-13-11-18(12-14-27)16-26-22-15-20(19-7-5-4-6-8-19)9-10-21(22)23(28)29-3/h4-10,15,18,26H,11-14,16-17H2,1-3H3. The number of carbonyl (C=O) groups is 1. The molecule has 29 heavy (non-hydrogen) atoms. The van der Waals surface area contributed by atoms with Crippen molar-refractivity contribution in [1.82, 2.24) is 4.90 Å². The molecule has 0 unspecified atom stereocenters. The van der Waals surface area contributed by atoms with Gasteiger partial charge in [0.25, 0.3) is 0 Å². The van der Waals surface area contributed by atoms with Crippen LogP contribution >= 0.6 is 0 Å².